The van der Waals surface area contributed by atoms with Gasteiger partial charge in [-0.05, 0) is 34.9 Å². The lowest BCUT2D eigenvalue weighted by Gasteiger charge is -2.26. The fraction of sp³-hybridized carbons (Fsp3) is 0.304. The van der Waals surface area contributed by atoms with Crippen LogP contribution in [0.25, 0.3) is 0 Å². The average molecular weight is 390 g/mol. The van der Waals surface area contributed by atoms with E-state index in [0.717, 1.165) is 44.2 Å². The molecule has 2 heterocycles. The first kappa shape index (κ1) is 19.4. The van der Waals surface area contributed by atoms with Gasteiger partial charge in [0.25, 0.3) is 0 Å². The molecule has 0 unspecified atom stereocenters. The van der Waals surface area contributed by atoms with E-state index in [1.807, 2.05) is 12.1 Å². The molecule has 2 aromatic carbocycles. The lowest BCUT2D eigenvalue weighted by molar-refractivity contribution is 0.0342. The van der Waals surface area contributed by atoms with Crippen LogP contribution in [0.1, 0.15) is 16.7 Å². The molecule has 0 atom stereocenters. The normalized spacial score (nSPS) is 14.5. The molecule has 1 aliphatic heterocycles. The van der Waals surface area contributed by atoms with Crippen LogP contribution >= 0.6 is 0 Å². The summed E-state index contributed by atoms with van der Waals surface area (Å²) in [6, 6.07) is 18.6. The van der Waals surface area contributed by atoms with Gasteiger partial charge in [-0.2, -0.15) is 0 Å². The van der Waals surface area contributed by atoms with Crippen LogP contribution in [0.2, 0.25) is 0 Å². The average Bonchev–Trinajstić information content (AvgIpc) is 2.79. The second-order valence-corrected chi connectivity index (χ2v) is 7.06. The first-order valence-corrected chi connectivity index (χ1v) is 9.96. The molecule has 1 aliphatic rings. The largest absolute Gasteiger partial charge is 0.489 e. The summed E-state index contributed by atoms with van der Waals surface area (Å²) in [6.07, 6.45) is 3.45. The number of ether oxygens (including phenoxy) is 2. The Kier molecular flexibility index (Phi) is 6.68. The summed E-state index contributed by atoms with van der Waals surface area (Å²) in [7, 11) is 0. The molecule has 6 heteroatoms. The standard InChI is InChI=1S/C23H26N4O2/c1-10-24-23(25-11-1)26-16-19-2-4-21(5-3-19)18-29-22-8-6-20(7-9-22)17-27-12-14-28-15-13-27/h1-11H,12-18H2,(H,24,25,26). The molecule has 1 fully saturated rings. The lowest BCUT2D eigenvalue weighted by Crippen LogP contribution is -2.35. The van der Waals surface area contributed by atoms with Crippen molar-refractivity contribution in [2.45, 2.75) is 19.7 Å². The Labute approximate surface area is 171 Å². The lowest BCUT2D eigenvalue weighted by atomic mass is 10.1. The molecule has 0 aliphatic carbocycles. The highest BCUT2D eigenvalue weighted by atomic mass is 16.5. The molecule has 3 aromatic rings. The fourth-order valence-electron chi connectivity index (χ4n) is 3.20. The third-order valence-electron chi connectivity index (χ3n) is 4.88. The third kappa shape index (κ3) is 6.01. The van der Waals surface area contributed by atoms with Crippen LogP contribution in [0, 0.1) is 0 Å². The van der Waals surface area contributed by atoms with Crippen LogP contribution in [0.15, 0.2) is 67.0 Å². The summed E-state index contributed by atoms with van der Waals surface area (Å²) in [5, 5.41) is 3.21. The van der Waals surface area contributed by atoms with E-state index in [4.69, 9.17) is 9.47 Å². The van der Waals surface area contributed by atoms with Crippen LogP contribution in [-0.2, 0) is 24.4 Å². The molecule has 150 valence electrons. The minimum absolute atomic E-state index is 0.554. The highest BCUT2D eigenvalue weighted by molar-refractivity contribution is 5.30. The van der Waals surface area contributed by atoms with E-state index in [0.29, 0.717) is 19.1 Å². The SMILES string of the molecule is c1cnc(NCc2ccc(COc3ccc(CN4CCOCC4)cc3)cc2)nc1. The molecular weight excluding hydrogens is 364 g/mol. The summed E-state index contributed by atoms with van der Waals surface area (Å²) in [5.74, 6) is 1.53. The number of rotatable bonds is 8. The van der Waals surface area contributed by atoms with E-state index >= 15 is 0 Å². The number of morpholine rings is 1. The molecule has 0 amide bonds. The molecule has 29 heavy (non-hydrogen) atoms. The second kappa shape index (κ2) is 10.0. The van der Waals surface area contributed by atoms with E-state index in [1.165, 1.54) is 11.1 Å². The minimum atomic E-state index is 0.554. The molecular formula is C23H26N4O2. The maximum Gasteiger partial charge on any atom is 0.222 e. The molecule has 1 N–H and O–H groups in total. The summed E-state index contributed by atoms with van der Waals surface area (Å²) < 4.78 is 11.3. The van der Waals surface area contributed by atoms with E-state index in [1.54, 1.807) is 18.5 Å². The van der Waals surface area contributed by atoms with E-state index in [2.05, 4.69) is 56.6 Å². The smallest absolute Gasteiger partial charge is 0.222 e. The molecule has 1 aromatic heterocycles. The van der Waals surface area contributed by atoms with Crippen LogP contribution in [0.3, 0.4) is 0 Å². The zero-order chi connectivity index (χ0) is 19.7. The third-order valence-corrected chi connectivity index (χ3v) is 4.88. The summed E-state index contributed by atoms with van der Waals surface area (Å²) >= 11 is 0. The highest BCUT2D eigenvalue weighted by Crippen LogP contribution is 2.16. The van der Waals surface area contributed by atoms with Gasteiger partial charge in [-0.25, -0.2) is 9.97 Å². The van der Waals surface area contributed by atoms with Crippen molar-refractivity contribution in [1.29, 1.82) is 0 Å². The van der Waals surface area contributed by atoms with Crippen LogP contribution in [-0.4, -0.2) is 41.2 Å². The molecule has 6 nitrogen and oxygen atoms in total. The number of hydrogen-bond acceptors (Lipinski definition) is 6. The zero-order valence-electron chi connectivity index (χ0n) is 16.5. The Morgan fingerprint density at radius 3 is 2.24 bits per heavy atom. The van der Waals surface area contributed by atoms with E-state index in [9.17, 15) is 0 Å². The van der Waals surface area contributed by atoms with E-state index in [-0.39, 0.29) is 0 Å². The number of hydrogen-bond donors (Lipinski definition) is 1. The minimum Gasteiger partial charge on any atom is -0.489 e. The van der Waals surface area contributed by atoms with Crippen LogP contribution in [0.5, 0.6) is 5.75 Å². The zero-order valence-corrected chi connectivity index (χ0v) is 16.5. The number of nitrogens with zero attached hydrogens (tertiary/aromatic N) is 3. The van der Waals surface area contributed by atoms with Crippen molar-refractivity contribution >= 4 is 5.95 Å². The number of nitrogens with one attached hydrogen (secondary N) is 1. The monoisotopic (exact) mass is 390 g/mol. The van der Waals surface area contributed by atoms with Crippen LogP contribution < -0.4 is 10.1 Å². The van der Waals surface area contributed by atoms with Gasteiger partial charge in [0.1, 0.15) is 12.4 Å². The molecule has 0 bridgehead atoms. The number of aromatic nitrogens is 2. The Balaban J connectivity index is 1.23. The van der Waals surface area contributed by atoms with Crippen molar-refractivity contribution in [1.82, 2.24) is 14.9 Å². The highest BCUT2D eigenvalue weighted by Gasteiger charge is 2.10. The van der Waals surface area contributed by atoms with Crippen molar-refractivity contribution in [3.8, 4) is 5.75 Å². The van der Waals surface area contributed by atoms with Gasteiger partial charge in [0, 0.05) is 38.6 Å². The predicted molar refractivity (Wildman–Crippen MR) is 113 cm³/mol. The first-order chi connectivity index (χ1) is 14.3. The van der Waals surface area contributed by atoms with E-state index < -0.39 is 0 Å². The van der Waals surface area contributed by atoms with Gasteiger partial charge in [0.15, 0.2) is 0 Å². The molecule has 1 saturated heterocycles. The molecule has 0 radical (unpaired) electrons. The Morgan fingerprint density at radius 2 is 1.52 bits per heavy atom. The van der Waals surface area contributed by atoms with Crippen molar-refractivity contribution in [2.24, 2.45) is 0 Å². The summed E-state index contributed by atoms with van der Waals surface area (Å²) in [4.78, 5) is 10.7. The topological polar surface area (TPSA) is 59.5 Å². The van der Waals surface area contributed by atoms with Crippen molar-refractivity contribution in [3.63, 3.8) is 0 Å². The van der Waals surface area contributed by atoms with Crippen molar-refractivity contribution < 1.29 is 9.47 Å². The van der Waals surface area contributed by atoms with Gasteiger partial charge in [0.2, 0.25) is 5.95 Å². The predicted octanol–water partition coefficient (Wildman–Crippen LogP) is 3.50. The molecule has 0 spiro atoms. The van der Waals surface area contributed by atoms with Gasteiger partial charge in [-0.15, -0.1) is 0 Å². The Hall–Kier alpha value is -2.96. The van der Waals surface area contributed by atoms with Gasteiger partial charge in [-0.3, -0.25) is 4.90 Å². The maximum absolute atomic E-state index is 5.94. The molecule has 4 rings (SSSR count). The first-order valence-electron chi connectivity index (χ1n) is 9.96. The van der Waals surface area contributed by atoms with Gasteiger partial charge in [-0.1, -0.05) is 36.4 Å². The van der Waals surface area contributed by atoms with Crippen molar-refractivity contribution in [2.75, 3.05) is 31.6 Å². The van der Waals surface area contributed by atoms with Gasteiger partial charge in [0.05, 0.1) is 13.2 Å². The fourth-order valence-corrected chi connectivity index (χ4v) is 3.20. The quantitative estimate of drug-likeness (QED) is 0.635. The Bertz CT molecular complexity index is 864. The Morgan fingerprint density at radius 1 is 0.862 bits per heavy atom. The van der Waals surface area contributed by atoms with Crippen molar-refractivity contribution in [3.05, 3.63) is 83.7 Å². The van der Waals surface area contributed by atoms with Crippen LogP contribution in [0.4, 0.5) is 5.95 Å². The van der Waals surface area contributed by atoms with Gasteiger partial charge >= 0.3 is 0 Å². The maximum atomic E-state index is 5.94. The molecule has 0 saturated carbocycles. The summed E-state index contributed by atoms with van der Waals surface area (Å²) in [6.45, 7) is 5.87. The number of anilines is 1. The van der Waals surface area contributed by atoms with Gasteiger partial charge < -0.3 is 14.8 Å². The number of benzene rings is 2. The summed E-state index contributed by atoms with van der Waals surface area (Å²) in [5.41, 5.74) is 3.62. The second-order valence-electron chi connectivity index (χ2n) is 7.06.